The zero-order chi connectivity index (χ0) is 76.6. The largest absolute Gasteiger partial charge is 0.486 e. The predicted octanol–water partition coefficient (Wildman–Crippen LogP) is 11.1. The Balaban J connectivity index is 0.000000590. The summed E-state index contributed by atoms with van der Waals surface area (Å²) in [5.41, 5.74) is 14.3. The summed E-state index contributed by atoms with van der Waals surface area (Å²) in [6, 6.07) is 23.1. The zero-order valence-corrected chi connectivity index (χ0v) is 73.8. The molecule has 0 unspecified atom stereocenters. The molecule has 4 aliphatic rings. The van der Waals surface area contributed by atoms with Crippen molar-refractivity contribution >= 4 is 126 Å². The van der Waals surface area contributed by atoms with Crippen LogP contribution in [0.4, 0.5) is 21.0 Å². The van der Waals surface area contributed by atoms with Crippen LogP contribution in [-0.2, 0) is 100 Å². The van der Waals surface area contributed by atoms with E-state index in [9.17, 15) is 50.6 Å². The van der Waals surface area contributed by atoms with E-state index in [2.05, 4.69) is 75.6 Å². The molecule has 0 aliphatic carbocycles. The van der Waals surface area contributed by atoms with Crippen LogP contribution in [0.15, 0.2) is 107 Å². The average Bonchev–Trinajstić information content (AvgIpc) is 1.17. The van der Waals surface area contributed by atoms with Gasteiger partial charge in [-0.3, -0.25) is 9.36 Å². The van der Waals surface area contributed by atoms with E-state index in [1.165, 1.54) is 52.8 Å². The second-order valence-electron chi connectivity index (χ2n) is 28.2. The van der Waals surface area contributed by atoms with E-state index in [0.29, 0.717) is 49.8 Å². The van der Waals surface area contributed by atoms with Gasteiger partial charge in [0.15, 0.2) is 18.9 Å². The van der Waals surface area contributed by atoms with Gasteiger partial charge in [-0.05, 0) is 147 Å². The summed E-state index contributed by atoms with van der Waals surface area (Å²) >= 11 is 4.24. The Kier molecular flexibility index (Phi) is 43.7. The second-order valence-corrected chi connectivity index (χ2v) is 37.1. The van der Waals surface area contributed by atoms with Gasteiger partial charge < -0.3 is 96.7 Å². The molecule has 11 atom stereocenters. The molecule has 2 amide bonds. The van der Waals surface area contributed by atoms with Crippen LogP contribution in [0.2, 0.25) is 0 Å². The van der Waals surface area contributed by atoms with E-state index >= 15 is 0 Å². The normalized spacial score (nSPS) is 19.7. The number of ether oxygens (including phenoxy) is 9. The van der Waals surface area contributed by atoms with Crippen molar-refractivity contribution in [1.82, 2.24) is 19.2 Å². The van der Waals surface area contributed by atoms with Crippen LogP contribution < -0.4 is 31.6 Å². The number of fused-ring (bicyclic) bond motifs is 2. The first-order chi connectivity index (χ1) is 48.3. The Morgan fingerprint density at radius 2 is 0.991 bits per heavy atom. The molecule has 0 radical (unpaired) electrons. The number of benzene rings is 4. The van der Waals surface area contributed by atoms with E-state index < -0.39 is 96.1 Å². The summed E-state index contributed by atoms with van der Waals surface area (Å²) < 4.78 is 130. The molecule has 28 nitrogen and oxygen atoms in total. The molecular formula is C70H110I3N6O22P2PdS2-. The molecule has 10 N–H and O–H groups in total. The predicted molar refractivity (Wildman–Crippen MR) is 430 cm³/mol. The molecule has 0 saturated carbocycles. The van der Waals surface area contributed by atoms with Gasteiger partial charge in [-0.2, -0.15) is 8.61 Å². The van der Waals surface area contributed by atoms with Crippen LogP contribution in [0.5, 0.6) is 11.5 Å². The van der Waals surface area contributed by atoms with E-state index in [1.54, 1.807) is 61.9 Å². The molecule has 0 aromatic heterocycles. The Hall–Kier alpha value is -3.10. The van der Waals surface area contributed by atoms with Crippen LogP contribution in [0.1, 0.15) is 99.1 Å². The van der Waals surface area contributed by atoms with Gasteiger partial charge in [0.05, 0.1) is 84.9 Å². The molecular weight excluding hydrogens is 1890 g/mol. The molecule has 606 valence electrons. The molecule has 0 bridgehead atoms. The number of hydrogen-bond donors (Lipinski definition) is 8. The molecule has 106 heavy (non-hydrogen) atoms. The first-order valence-corrected chi connectivity index (χ1v) is 47.9. The summed E-state index contributed by atoms with van der Waals surface area (Å²) in [6.45, 7) is 22.4. The monoisotopic (exact) mass is 2000 g/mol. The summed E-state index contributed by atoms with van der Waals surface area (Å²) in [7, 11) is -15.0. The molecule has 0 spiro atoms. The SMILES string of the molecule is CC(C)CN(C[C@@H](O)[C@H](Cc1ccc(N)cc1)NC(=O)O[C@H]1CO[C@H]2OCC[C@H]21)S(=O)(=O)c1ccc(OCP(=O)(O)O)cc1.CC(C)CN(C[C@@H](O)[C@H](Cc1ccc(N)cc1)NC(=O)O[C@H]1CO[C@H]2OCC[C@H]21)S(=O)(=O)c1ccc(OCP(C)(C)=O)cc1.CCCCOC(=O)[C@H](C)C(C)(C)C.I.II.[CH3-].[Pd]. The average molecular weight is 2000 g/mol. The number of carbonyl (C=O) groups excluding carboxylic acids is 3. The Labute approximate surface area is 680 Å². The summed E-state index contributed by atoms with van der Waals surface area (Å²) in [6.07, 6.45) is -2.94. The van der Waals surface area contributed by atoms with E-state index in [4.69, 9.17) is 63.9 Å². The standard InChI is InChI=1S/C30H44N3O9PS.C28H40N3O11PS.C11H22O2.CH3.I2.HI.Pd/c1-20(2)16-33(44(37,38)24-11-9-23(10-12-24)41-19-43(3,4)36)17-27(34)26(15-21-5-7-22(31)8-6-21)32-30(35)42-28-18-40-29-25(28)13-14-39-29;1-18(2)14-31(44(37,38)22-9-7-21(8-10-22)41-17-43(34,35)36)15-25(32)24(13-19-3-5-20(29)6-4-19)30-28(33)42-26-16-40-27-23(26)11-12-39-27;1-6-7-8-13-10(12)9(2)11(3,4)5;;1-2;;/h5-12,20,25-29,34H,13-19,31H2,1-4H3,(H,32,35);3-10,18,23-27,32H,11-17,29H2,1-2H3,(H,30,33)(H2,34,35,36);9H,6-8H2,1-5H3;1H3;;1H;/q;;;-1;;;/t25-,26-,27+,28-,29+;23-,24-,25+,26-,27+;9-;;;;/m000..../s1. The fourth-order valence-corrected chi connectivity index (χ4v) is 15.1. The minimum absolute atomic E-state index is 0. The van der Waals surface area contributed by atoms with Gasteiger partial charge in [-0.1, -0.05) is 93.0 Å². The van der Waals surface area contributed by atoms with Gasteiger partial charge in [-0.15, -0.1) is 24.0 Å². The number of nitrogens with two attached hydrogens (primary N) is 2. The molecule has 4 heterocycles. The molecule has 4 fully saturated rings. The first-order valence-electron chi connectivity index (χ1n) is 34.1. The summed E-state index contributed by atoms with van der Waals surface area (Å²) in [4.78, 5) is 55.5. The maximum absolute atomic E-state index is 13.8. The number of nitrogens with zero attached hydrogens (tertiary/aromatic N) is 2. The Bertz CT molecular complexity index is 3400. The number of unbranched alkanes of at least 4 members (excludes halogenated alkanes) is 1. The van der Waals surface area contributed by atoms with Gasteiger partial charge >= 0.3 is 25.8 Å². The molecule has 4 aromatic carbocycles. The summed E-state index contributed by atoms with van der Waals surface area (Å²) in [5.74, 6) is 0.0836. The topological polar surface area (TPSA) is 400 Å². The number of nitrogen functional groups attached to an aromatic ring is 2. The number of alkyl carbamates (subject to hydrolysis) is 2. The van der Waals surface area contributed by atoms with Crippen molar-refractivity contribution in [3.8, 4) is 11.5 Å². The number of amides is 2. The van der Waals surface area contributed by atoms with Gasteiger partial charge in [0.1, 0.15) is 37.2 Å². The number of carbonyl (C=O) groups is 3. The van der Waals surface area contributed by atoms with Gasteiger partial charge in [-0.25, -0.2) is 26.4 Å². The number of esters is 1. The third-order valence-electron chi connectivity index (χ3n) is 17.1. The van der Waals surface area contributed by atoms with Crippen LogP contribution >= 0.6 is 75.9 Å². The van der Waals surface area contributed by atoms with E-state index in [1.807, 2.05) is 34.6 Å². The smallest absolute Gasteiger partial charge is 0.407 e. The number of hydrogen-bond acceptors (Lipinski definition) is 22. The van der Waals surface area contributed by atoms with Crippen molar-refractivity contribution in [3.05, 3.63) is 116 Å². The number of halogens is 3. The number of sulfonamides is 2. The molecule has 4 aliphatic heterocycles. The van der Waals surface area contributed by atoms with E-state index in [-0.39, 0.29) is 173 Å². The quantitative estimate of drug-likeness (QED) is 0.00329. The second kappa shape index (κ2) is 46.8. The fraction of sp³-hybridized carbons (Fsp3) is 0.600. The number of rotatable bonds is 32. The fourth-order valence-electron chi connectivity index (χ4n) is 11.0. The van der Waals surface area contributed by atoms with Crippen LogP contribution in [-0.4, -0.2) is 198 Å². The Morgan fingerprint density at radius 3 is 1.32 bits per heavy atom. The maximum atomic E-state index is 13.8. The van der Waals surface area contributed by atoms with Gasteiger partial charge in [0, 0.05) is 95.2 Å². The third kappa shape index (κ3) is 33.3. The van der Waals surface area contributed by atoms with Crippen LogP contribution in [0.25, 0.3) is 0 Å². The zero-order valence-electron chi connectivity index (χ0n) is 62.1. The number of aliphatic hydroxyl groups is 2. The maximum Gasteiger partial charge on any atom is 0.407 e. The summed E-state index contributed by atoms with van der Waals surface area (Å²) in [5, 5.41) is 28.4. The molecule has 36 heteroatoms. The van der Waals surface area contributed by atoms with Gasteiger partial charge in [0.25, 0.3) is 0 Å². The van der Waals surface area contributed by atoms with Crippen molar-refractivity contribution < 1.29 is 123 Å². The van der Waals surface area contributed by atoms with Crippen LogP contribution in [0.3, 0.4) is 0 Å². The molecule has 4 aromatic rings. The molecule has 8 rings (SSSR count). The Morgan fingerprint density at radius 1 is 0.623 bits per heavy atom. The van der Waals surface area contributed by atoms with Crippen LogP contribution in [0, 0.1) is 42.4 Å². The van der Waals surface area contributed by atoms with Gasteiger partial charge in [0.2, 0.25) is 20.0 Å². The van der Waals surface area contributed by atoms with Crippen molar-refractivity contribution in [2.75, 3.05) is 96.7 Å². The van der Waals surface area contributed by atoms with Crippen molar-refractivity contribution in [3.63, 3.8) is 0 Å². The molecule has 4 saturated heterocycles. The van der Waals surface area contributed by atoms with Crippen molar-refractivity contribution in [1.29, 1.82) is 0 Å². The number of nitrogens with one attached hydrogen (secondary N) is 2. The minimum Gasteiger partial charge on any atom is -0.486 e. The number of anilines is 2. The van der Waals surface area contributed by atoms with E-state index in [0.717, 1.165) is 28.3 Å². The first kappa shape index (κ1) is 99.0. The number of aliphatic hydroxyl groups excluding tert-OH is 2. The minimum atomic E-state index is -4.42. The third-order valence-corrected chi connectivity index (χ3v) is 22.0. The van der Waals surface area contributed by atoms with Crippen molar-refractivity contribution in [2.45, 2.75) is 160 Å². The van der Waals surface area contributed by atoms with Crippen molar-refractivity contribution in [2.24, 2.45) is 35.0 Å².